The molecule has 76 valence electrons. The Bertz CT molecular complexity index is 498. The van der Waals surface area contributed by atoms with Crippen LogP contribution < -0.4 is 0 Å². The summed E-state index contributed by atoms with van der Waals surface area (Å²) in [4.78, 5) is 17.5. The van der Waals surface area contributed by atoms with E-state index in [2.05, 4.69) is 9.97 Å². The van der Waals surface area contributed by atoms with Crippen molar-refractivity contribution in [2.75, 3.05) is 0 Å². The third kappa shape index (κ3) is 1.79. The summed E-state index contributed by atoms with van der Waals surface area (Å²) >= 11 is 5.56. The van der Waals surface area contributed by atoms with Crippen LogP contribution in [0.3, 0.4) is 0 Å². The van der Waals surface area contributed by atoms with Crippen LogP contribution in [0.5, 0.6) is 0 Å². The number of nitro groups is 1. The lowest BCUT2D eigenvalue weighted by Crippen LogP contribution is -1.96. The standard InChI is InChI=1S/C8H4ClN3O3/c9-8-10-3-6(12(13)14)7(11-8)5-1-2-15-4-5/h1-4H. The zero-order valence-corrected chi connectivity index (χ0v) is 8.01. The molecule has 2 rings (SSSR count). The van der Waals surface area contributed by atoms with Crippen molar-refractivity contribution in [2.45, 2.75) is 0 Å². The maximum atomic E-state index is 10.7. The van der Waals surface area contributed by atoms with Gasteiger partial charge in [-0.25, -0.2) is 9.97 Å². The van der Waals surface area contributed by atoms with Crippen LogP contribution in [0.15, 0.2) is 29.2 Å². The summed E-state index contributed by atoms with van der Waals surface area (Å²) in [5, 5.41) is 10.6. The van der Waals surface area contributed by atoms with E-state index >= 15 is 0 Å². The van der Waals surface area contributed by atoms with E-state index in [4.69, 9.17) is 16.0 Å². The first-order chi connectivity index (χ1) is 7.18. The number of furan rings is 1. The number of aromatic nitrogens is 2. The van der Waals surface area contributed by atoms with Gasteiger partial charge in [-0.15, -0.1) is 0 Å². The molecule has 2 aromatic rings. The molecule has 0 aliphatic heterocycles. The van der Waals surface area contributed by atoms with E-state index in [0.717, 1.165) is 6.20 Å². The van der Waals surface area contributed by atoms with Crippen LogP contribution in [0.1, 0.15) is 0 Å². The molecule has 0 fully saturated rings. The fourth-order valence-electron chi connectivity index (χ4n) is 1.10. The minimum Gasteiger partial charge on any atom is -0.472 e. The molecule has 0 atom stereocenters. The fraction of sp³-hybridized carbons (Fsp3) is 0. The molecular weight excluding hydrogens is 222 g/mol. The van der Waals surface area contributed by atoms with E-state index < -0.39 is 4.92 Å². The zero-order chi connectivity index (χ0) is 10.8. The zero-order valence-electron chi connectivity index (χ0n) is 7.25. The Morgan fingerprint density at radius 2 is 2.33 bits per heavy atom. The average Bonchev–Trinajstić information content (AvgIpc) is 2.69. The van der Waals surface area contributed by atoms with Gasteiger partial charge in [0.25, 0.3) is 0 Å². The highest BCUT2D eigenvalue weighted by Crippen LogP contribution is 2.27. The van der Waals surface area contributed by atoms with Crippen molar-refractivity contribution in [1.82, 2.24) is 9.97 Å². The lowest BCUT2D eigenvalue weighted by atomic mass is 10.2. The minimum atomic E-state index is -0.571. The summed E-state index contributed by atoms with van der Waals surface area (Å²) < 4.78 is 4.82. The normalized spacial score (nSPS) is 10.2. The molecule has 0 N–H and O–H groups in total. The second-order valence-corrected chi connectivity index (χ2v) is 2.98. The van der Waals surface area contributed by atoms with Gasteiger partial charge in [-0.3, -0.25) is 10.1 Å². The monoisotopic (exact) mass is 225 g/mol. The first-order valence-corrected chi connectivity index (χ1v) is 4.26. The summed E-state index contributed by atoms with van der Waals surface area (Å²) in [6.45, 7) is 0. The molecule has 2 aromatic heterocycles. The Hall–Kier alpha value is -1.95. The average molecular weight is 226 g/mol. The predicted octanol–water partition coefficient (Wildman–Crippen LogP) is 2.30. The highest BCUT2D eigenvalue weighted by molar-refractivity contribution is 6.28. The van der Waals surface area contributed by atoms with E-state index in [-0.39, 0.29) is 16.7 Å². The molecule has 0 unspecified atom stereocenters. The van der Waals surface area contributed by atoms with E-state index in [1.165, 1.54) is 12.5 Å². The maximum Gasteiger partial charge on any atom is 0.313 e. The molecule has 0 saturated carbocycles. The van der Waals surface area contributed by atoms with Crippen LogP contribution in [0.25, 0.3) is 11.3 Å². The molecule has 2 heterocycles. The summed E-state index contributed by atoms with van der Waals surface area (Å²) in [6.07, 6.45) is 3.82. The van der Waals surface area contributed by atoms with E-state index in [1.807, 2.05) is 0 Å². The van der Waals surface area contributed by atoms with Gasteiger partial charge < -0.3 is 4.42 Å². The number of hydrogen-bond acceptors (Lipinski definition) is 5. The second-order valence-electron chi connectivity index (χ2n) is 2.64. The first kappa shape index (κ1) is 9.60. The molecule has 0 bridgehead atoms. The number of rotatable bonds is 2. The van der Waals surface area contributed by atoms with Crippen molar-refractivity contribution in [3.63, 3.8) is 0 Å². The van der Waals surface area contributed by atoms with E-state index in [0.29, 0.717) is 5.56 Å². The lowest BCUT2D eigenvalue weighted by Gasteiger charge is -1.98. The molecule has 0 saturated heterocycles. The van der Waals surface area contributed by atoms with Crippen LogP contribution in [0.2, 0.25) is 5.28 Å². The van der Waals surface area contributed by atoms with Gasteiger partial charge in [0.15, 0.2) is 5.69 Å². The minimum absolute atomic E-state index is 0.0446. The van der Waals surface area contributed by atoms with Crippen molar-refractivity contribution in [3.8, 4) is 11.3 Å². The lowest BCUT2D eigenvalue weighted by molar-refractivity contribution is -0.384. The van der Waals surface area contributed by atoms with E-state index in [1.54, 1.807) is 6.07 Å². The smallest absolute Gasteiger partial charge is 0.313 e. The molecule has 0 aromatic carbocycles. The van der Waals surface area contributed by atoms with Crippen LogP contribution >= 0.6 is 11.6 Å². The Kier molecular flexibility index (Phi) is 2.34. The van der Waals surface area contributed by atoms with Gasteiger partial charge in [0, 0.05) is 5.56 Å². The van der Waals surface area contributed by atoms with Gasteiger partial charge in [-0.05, 0) is 17.7 Å². The highest BCUT2D eigenvalue weighted by Gasteiger charge is 2.18. The molecule has 15 heavy (non-hydrogen) atoms. The Morgan fingerprint density at radius 1 is 1.53 bits per heavy atom. The van der Waals surface area contributed by atoms with Gasteiger partial charge in [-0.2, -0.15) is 0 Å². The summed E-state index contributed by atoms with van der Waals surface area (Å²) in [5.74, 6) is 0. The first-order valence-electron chi connectivity index (χ1n) is 3.88. The molecular formula is C8H4ClN3O3. The van der Waals surface area contributed by atoms with Crippen LogP contribution in [-0.4, -0.2) is 14.9 Å². The second kappa shape index (κ2) is 3.66. The Morgan fingerprint density at radius 3 is 2.93 bits per heavy atom. The molecule has 0 spiro atoms. The van der Waals surface area contributed by atoms with Crippen molar-refractivity contribution in [1.29, 1.82) is 0 Å². The van der Waals surface area contributed by atoms with Crippen molar-refractivity contribution in [2.24, 2.45) is 0 Å². The summed E-state index contributed by atoms with van der Waals surface area (Å²) in [6, 6.07) is 1.56. The van der Waals surface area contributed by atoms with Gasteiger partial charge >= 0.3 is 5.69 Å². The quantitative estimate of drug-likeness (QED) is 0.445. The third-order valence-corrected chi connectivity index (χ3v) is 1.91. The number of hydrogen-bond donors (Lipinski definition) is 0. The molecule has 0 amide bonds. The topological polar surface area (TPSA) is 82.1 Å². The largest absolute Gasteiger partial charge is 0.472 e. The van der Waals surface area contributed by atoms with Crippen molar-refractivity contribution in [3.05, 3.63) is 40.2 Å². The maximum absolute atomic E-state index is 10.7. The van der Waals surface area contributed by atoms with Gasteiger partial charge in [0.2, 0.25) is 5.28 Å². The van der Waals surface area contributed by atoms with Gasteiger partial charge in [0.05, 0.1) is 17.4 Å². The summed E-state index contributed by atoms with van der Waals surface area (Å²) in [7, 11) is 0. The Labute approximate surface area is 88.7 Å². The van der Waals surface area contributed by atoms with Gasteiger partial charge in [-0.1, -0.05) is 0 Å². The SMILES string of the molecule is O=[N+]([O-])c1cnc(Cl)nc1-c1ccoc1. The third-order valence-electron chi connectivity index (χ3n) is 1.73. The van der Waals surface area contributed by atoms with Crippen molar-refractivity contribution < 1.29 is 9.34 Å². The number of nitrogens with zero attached hydrogens (tertiary/aromatic N) is 3. The molecule has 0 aliphatic rings. The molecule has 6 nitrogen and oxygen atoms in total. The molecule has 0 radical (unpaired) electrons. The van der Waals surface area contributed by atoms with E-state index in [9.17, 15) is 10.1 Å². The summed E-state index contributed by atoms with van der Waals surface area (Å²) in [5.41, 5.74) is 0.431. The van der Waals surface area contributed by atoms with Crippen LogP contribution in [0, 0.1) is 10.1 Å². The van der Waals surface area contributed by atoms with Crippen LogP contribution in [0.4, 0.5) is 5.69 Å². The molecule has 0 aliphatic carbocycles. The van der Waals surface area contributed by atoms with Crippen molar-refractivity contribution >= 4 is 17.3 Å². The van der Waals surface area contributed by atoms with Crippen LogP contribution in [-0.2, 0) is 0 Å². The number of halogens is 1. The van der Waals surface area contributed by atoms with Gasteiger partial charge in [0.1, 0.15) is 6.20 Å². The highest BCUT2D eigenvalue weighted by atomic mass is 35.5. The Balaban J connectivity index is 2.63. The fourth-order valence-corrected chi connectivity index (χ4v) is 1.23. The predicted molar refractivity (Wildman–Crippen MR) is 51.4 cm³/mol. The molecule has 7 heteroatoms.